The SMILES string of the molecule is CCCOc1ccc(OCCC)c(NC(=O)CC(C)=O)c1. The summed E-state index contributed by atoms with van der Waals surface area (Å²) in [4.78, 5) is 22.7. The normalized spacial score (nSPS) is 10.0. The largest absolute Gasteiger partial charge is 0.494 e. The quantitative estimate of drug-likeness (QED) is 0.710. The number of hydrogen-bond donors (Lipinski definition) is 1. The molecule has 1 aromatic carbocycles. The average molecular weight is 293 g/mol. The summed E-state index contributed by atoms with van der Waals surface area (Å²) >= 11 is 0. The third-order valence-corrected chi connectivity index (χ3v) is 2.57. The number of ether oxygens (including phenoxy) is 2. The molecule has 1 rings (SSSR count). The number of hydrogen-bond acceptors (Lipinski definition) is 4. The number of carbonyl (C=O) groups excluding carboxylic acids is 2. The van der Waals surface area contributed by atoms with Crippen molar-refractivity contribution in [2.75, 3.05) is 18.5 Å². The zero-order valence-electron chi connectivity index (χ0n) is 12.9. The Morgan fingerprint density at radius 3 is 2.38 bits per heavy atom. The van der Waals surface area contributed by atoms with Gasteiger partial charge in [-0.25, -0.2) is 0 Å². The minimum absolute atomic E-state index is 0.146. The zero-order valence-corrected chi connectivity index (χ0v) is 12.9. The van der Waals surface area contributed by atoms with Crippen LogP contribution in [-0.2, 0) is 9.59 Å². The maximum absolute atomic E-state index is 11.7. The summed E-state index contributed by atoms with van der Waals surface area (Å²) in [5.74, 6) is 0.717. The molecule has 0 aromatic heterocycles. The highest BCUT2D eigenvalue weighted by atomic mass is 16.5. The number of Topliss-reactive ketones (excluding diaryl/α,β-unsaturated/α-hetero) is 1. The minimum atomic E-state index is -0.350. The number of rotatable bonds is 9. The fourth-order valence-electron chi connectivity index (χ4n) is 1.67. The second-order valence-corrected chi connectivity index (χ2v) is 4.78. The van der Waals surface area contributed by atoms with Gasteiger partial charge in [-0.05, 0) is 31.9 Å². The van der Waals surface area contributed by atoms with Gasteiger partial charge in [-0.2, -0.15) is 0 Å². The van der Waals surface area contributed by atoms with Crippen LogP contribution in [0.15, 0.2) is 18.2 Å². The molecule has 0 saturated heterocycles. The van der Waals surface area contributed by atoms with Gasteiger partial charge >= 0.3 is 0 Å². The fraction of sp³-hybridized carbons (Fsp3) is 0.500. The second kappa shape index (κ2) is 9.00. The summed E-state index contributed by atoms with van der Waals surface area (Å²) in [6.07, 6.45) is 1.63. The van der Waals surface area contributed by atoms with Crippen LogP contribution in [0.25, 0.3) is 0 Å². The maximum atomic E-state index is 11.7. The van der Waals surface area contributed by atoms with Gasteiger partial charge in [0.2, 0.25) is 5.91 Å². The molecule has 0 radical (unpaired) electrons. The third kappa shape index (κ3) is 6.29. The molecule has 1 N–H and O–H groups in total. The number of nitrogens with one attached hydrogen (secondary N) is 1. The lowest BCUT2D eigenvalue weighted by atomic mass is 10.2. The predicted octanol–water partition coefficient (Wildman–Crippen LogP) is 3.18. The number of ketones is 1. The van der Waals surface area contributed by atoms with E-state index in [-0.39, 0.29) is 18.1 Å². The summed E-state index contributed by atoms with van der Waals surface area (Å²) in [6.45, 7) is 6.58. The van der Waals surface area contributed by atoms with Crippen molar-refractivity contribution in [2.45, 2.75) is 40.0 Å². The first-order chi connectivity index (χ1) is 10.1. The van der Waals surface area contributed by atoms with Crippen LogP contribution in [-0.4, -0.2) is 24.9 Å². The van der Waals surface area contributed by atoms with E-state index in [2.05, 4.69) is 5.32 Å². The van der Waals surface area contributed by atoms with E-state index in [9.17, 15) is 9.59 Å². The summed E-state index contributed by atoms with van der Waals surface area (Å²) in [5.41, 5.74) is 0.531. The molecule has 0 saturated carbocycles. The van der Waals surface area contributed by atoms with Gasteiger partial charge in [-0.3, -0.25) is 9.59 Å². The zero-order chi connectivity index (χ0) is 15.7. The Kier molecular flexibility index (Phi) is 7.29. The first-order valence-electron chi connectivity index (χ1n) is 7.25. The van der Waals surface area contributed by atoms with E-state index < -0.39 is 0 Å². The van der Waals surface area contributed by atoms with E-state index in [1.807, 2.05) is 13.8 Å². The first-order valence-corrected chi connectivity index (χ1v) is 7.25. The lowest BCUT2D eigenvalue weighted by molar-refractivity contribution is -0.124. The molecule has 0 spiro atoms. The number of anilines is 1. The van der Waals surface area contributed by atoms with Crippen molar-refractivity contribution in [3.8, 4) is 11.5 Å². The van der Waals surface area contributed by atoms with Crippen LogP contribution < -0.4 is 14.8 Å². The monoisotopic (exact) mass is 293 g/mol. The van der Waals surface area contributed by atoms with Crippen molar-refractivity contribution < 1.29 is 19.1 Å². The smallest absolute Gasteiger partial charge is 0.231 e. The van der Waals surface area contributed by atoms with Crippen LogP contribution in [0.3, 0.4) is 0 Å². The van der Waals surface area contributed by atoms with Crippen molar-refractivity contribution in [3.05, 3.63) is 18.2 Å². The Bertz CT molecular complexity index is 485. The first kappa shape index (κ1) is 17.0. The lowest BCUT2D eigenvalue weighted by Crippen LogP contribution is -2.15. The third-order valence-electron chi connectivity index (χ3n) is 2.57. The van der Waals surface area contributed by atoms with Crippen LogP contribution in [0.2, 0.25) is 0 Å². The summed E-state index contributed by atoms with van der Waals surface area (Å²) < 4.78 is 11.1. The van der Waals surface area contributed by atoms with Gasteiger partial charge in [-0.1, -0.05) is 13.8 Å². The van der Waals surface area contributed by atoms with Gasteiger partial charge in [0.25, 0.3) is 0 Å². The van der Waals surface area contributed by atoms with Crippen LogP contribution in [0, 0.1) is 0 Å². The molecule has 0 aliphatic heterocycles. The van der Waals surface area contributed by atoms with Crippen LogP contribution in [0.1, 0.15) is 40.0 Å². The number of amides is 1. The molecule has 0 unspecified atom stereocenters. The van der Waals surface area contributed by atoms with Gasteiger partial charge in [-0.15, -0.1) is 0 Å². The van der Waals surface area contributed by atoms with E-state index in [0.29, 0.717) is 30.4 Å². The standard InChI is InChI=1S/C16H23NO4/c1-4-8-20-13-6-7-15(21-9-5-2)14(11-13)17-16(19)10-12(3)18/h6-7,11H,4-5,8-10H2,1-3H3,(H,17,19). The molecule has 0 bridgehead atoms. The molecule has 0 aliphatic rings. The van der Waals surface area contributed by atoms with Crippen molar-refractivity contribution in [1.82, 2.24) is 0 Å². The Morgan fingerprint density at radius 2 is 1.76 bits per heavy atom. The molecule has 1 amide bonds. The van der Waals surface area contributed by atoms with E-state index in [1.54, 1.807) is 18.2 Å². The highest BCUT2D eigenvalue weighted by Gasteiger charge is 2.11. The van der Waals surface area contributed by atoms with Gasteiger partial charge in [0.1, 0.15) is 17.3 Å². The Hall–Kier alpha value is -2.04. The molecule has 0 heterocycles. The molecular formula is C16H23NO4. The molecular weight excluding hydrogens is 270 g/mol. The van der Waals surface area contributed by atoms with Crippen molar-refractivity contribution in [2.24, 2.45) is 0 Å². The summed E-state index contributed by atoms with van der Waals surface area (Å²) in [6, 6.07) is 5.30. The Morgan fingerprint density at radius 1 is 1.10 bits per heavy atom. The van der Waals surface area contributed by atoms with Crippen LogP contribution in [0.4, 0.5) is 5.69 Å². The van der Waals surface area contributed by atoms with Gasteiger partial charge in [0.05, 0.1) is 25.3 Å². The van der Waals surface area contributed by atoms with E-state index in [0.717, 1.165) is 12.8 Å². The predicted molar refractivity (Wildman–Crippen MR) is 81.9 cm³/mol. The highest BCUT2D eigenvalue weighted by Crippen LogP contribution is 2.29. The Balaban J connectivity index is 2.87. The van der Waals surface area contributed by atoms with Crippen LogP contribution >= 0.6 is 0 Å². The topological polar surface area (TPSA) is 64.6 Å². The number of carbonyl (C=O) groups is 2. The molecule has 5 nitrogen and oxygen atoms in total. The fourth-order valence-corrected chi connectivity index (χ4v) is 1.67. The van der Waals surface area contributed by atoms with Gasteiger partial charge in [0, 0.05) is 6.07 Å². The summed E-state index contributed by atoms with van der Waals surface area (Å²) in [5, 5.41) is 2.70. The van der Waals surface area contributed by atoms with Crippen LogP contribution in [0.5, 0.6) is 11.5 Å². The summed E-state index contributed by atoms with van der Waals surface area (Å²) in [7, 11) is 0. The molecule has 5 heteroatoms. The maximum Gasteiger partial charge on any atom is 0.231 e. The molecule has 1 aromatic rings. The van der Waals surface area contributed by atoms with Crippen molar-refractivity contribution in [1.29, 1.82) is 0 Å². The second-order valence-electron chi connectivity index (χ2n) is 4.78. The van der Waals surface area contributed by atoms with Gasteiger partial charge in [0.15, 0.2) is 0 Å². The molecule has 0 fully saturated rings. The van der Waals surface area contributed by atoms with Gasteiger partial charge < -0.3 is 14.8 Å². The van der Waals surface area contributed by atoms with E-state index >= 15 is 0 Å². The van der Waals surface area contributed by atoms with E-state index in [1.165, 1.54) is 6.92 Å². The highest BCUT2D eigenvalue weighted by molar-refractivity contribution is 6.04. The molecule has 21 heavy (non-hydrogen) atoms. The van der Waals surface area contributed by atoms with Crippen molar-refractivity contribution in [3.63, 3.8) is 0 Å². The van der Waals surface area contributed by atoms with Crippen molar-refractivity contribution >= 4 is 17.4 Å². The Labute approximate surface area is 125 Å². The lowest BCUT2D eigenvalue weighted by Gasteiger charge is -2.14. The molecule has 116 valence electrons. The molecule has 0 atom stereocenters. The minimum Gasteiger partial charge on any atom is -0.494 e. The van der Waals surface area contributed by atoms with E-state index in [4.69, 9.17) is 9.47 Å². The molecule has 0 aliphatic carbocycles. The average Bonchev–Trinajstić information content (AvgIpc) is 2.43. The number of benzene rings is 1.